The summed E-state index contributed by atoms with van der Waals surface area (Å²) in [5, 5.41) is 2.62. The largest absolute Gasteiger partial charge is 1.00 e. The van der Waals surface area contributed by atoms with Gasteiger partial charge in [0.25, 0.3) is 0 Å². The normalized spacial score (nSPS) is 16.1. The van der Waals surface area contributed by atoms with E-state index in [1.807, 2.05) is 0 Å². The van der Waals surface area contributed by atoms with Crippen LogP contribution in [-0.4, -0.2) is 5.92 Å². The molecule has 4 heteroatoms. The average molecular weight is 683 g/mol. The van der Waals surface area contributed by atoms with Crippen molar-refractivity contribution in [2.75, 3.05) is 0 Å². The predicted molar refractivity (Wildman–Crippen MR) is 171 cm³/mol. The van der Waals surface area contributed by atoms with E-state index in [1.54, 1.807) is 22.3 Å². The third-order valence-electron chi connectivity index (χ3n) is 8.83. The van der Waals surface area contributed by atoms with E-state index in [1.165, 1.54) is 63.4 Å². The first kappa shape index (κ1) is 31.2. The third kappa shape index (κ3) is 5.46. The van der Waals surface area contributed by atoms with Gasteiger partial charge in [-0.25, -0.2) is 0 Å². The van der Waals surface area contributed by atoms with Gasteiger partial charge in [-0.3, -0.25) is 0 Å². The van der Waals surface area contributed by atoms with Gasteiger partial charge in [0.15, 0.2) is 0 Å². The van der Waals surface area contributed by atoms with Crippen LogP contribution in [0.5, 0.6) is 0 Å². The molecule has 0 aliphatic heterocycles. The van der Waals surface area contributed by atoms with E-state index in [9.17, 15) is 0 Å². The summed E-state index contributed by atoms with van der Waals surface area (Å²) >= 11 is -0.544. The van der Waals surface area contributed by atoms with Crippen LogP contribution < -0.4 is 24.8 Å². The van der Waals surface area contributed by atoms with E-state index < -0.39 is 28.3 Å². The molecule has 7 rings (SSSR count). The molecule has 0 N–H and O–H groups in total. The quantitative estimate of drug-likeness (QED) is 0.224. The van der Waals surface area contributed by atoms with Crippen LogP contribution >= 0.6 is 0 Å². The van der Waals surface area contributed by atoms with E-state index in [0.29, 0.717) is 9.54 Å². The fourth-order valence-corrected chi connectivity index (χ4v) is 17.0. The van der Waals surface area contributed by atoms with Crippen LogP contribution in [0.3, 0.4) is 0 Å². The van der Waals surface area contributed by atoms with Crippen LogP contribution in [0, 0.1) is 0 Å². The summed E-state index contributed by atoms with van der Waals surface area (Å²) in [7, 11) is 0. The number of rotatable bonds is 7. The molecule has 0 heterocycles. The van der Waals surface area contributed by atoms with Crippen molar-refractivity contribution in [1.82, 2.24) is 0 Å². The SMILES string of the molecule is CCCCC1=Cc2c(-c3ccc4ccccc4c3)cccc2C1c1cccc2c1[CH]([Zr+2][SiH](C)C)c1ccccc1-2.[Cl-].[Cl-]. The number of halogens is 2. The maximum absolute atomic E-state index is 2.59. The Morgan fingerprint density at radius 1 is 0.667 bits per heavy atom. The Balaban J connectivity index is 0.00000176. The van der Waals surface area contributed by atoms with Gasteiger partial charge < -0.3 is 24.8 Å². The maximum Gasteiger partial charge on any atom is -1.00 e. The number of unbranched alkanes of at least 4 members (excludes halogenated alkanes) is 1. The molecule has 0 radical (unpaired) electrons. The van der Waals surface area contributed by atoms with Gasteiger partial charge in [0.05, 0.1) is 0 Å². The molecule has 2 unspecified atom stereocenters. The first-order chi connectivity index (χ1) is 19.6. The summed E-state index contributed by atoms with van der Waals surface area (Å²) in [6.45, 7) is 7.50. The van der Waals surface area contributed by atoms with Gasteiger partial charge >= 0.3 is 247 Å². The molecule has 0 bridgehead atoms. The Kier molecular flexibility index (Phi) is 9.80. The monoisotopic (exact) mass is 680 g/mol. The Labute approximate surface area is 275 Å². The van der Waals surface area contributed by atoms with Crippen LogP contribution in [-0.2, 0) is 22.4 Å². The van der Waals surface area contributed by atoms with Crippen molar-refractivity contribution in [3.8, 4) is 22.3 Å². The number of hydrogen-bond acceptors (Lipinski definition) is 0. The van der Waals surface area contributed by atoms with Gasteiger partial charge in [-0.1, -0.05) is 6.07 Å². The standard InChI is InChI=1S/C36H29.C2H7Si.2ClH.Zr/c1-2-3-10-28-23-34-30(27-20-19-24-11-4-5-12-25(24)21-27)15-8-17-32(34)36(28)33-18-9-16-31-29-14-7-6-13-26(29)22-35(31)33;1-3-2;;;/h4-9,11-23,36H,2-3,10H2,1H3;3H,1-2H3;2*1H;/q;;;;+2/p-2. The second-order valence-electron chi connectivity index (χ2n) is 11.8. The summed E-state index contributed by atoms with van der Waals surface area (Å²) in [5.41, 5.74) is 15.2. The second-order valence-corrected chi connectivity index (χ2v) is 26.8. The van der Waals surface area contributed by atoms with E-state index in [-0.39, 0.29) is 24.8 Å². The molecule has 0 saturated heterocycles. The van der Waals surface area contributed by atoms with Crippen molar-refractivity contribution in [2.24, 2.45) is 0 Å². The Morgan fingerprint density at radius 2 is 1.33 bits per heavy atom. The number of allylic oxidation sites excluding steroid dienone is 1. The van der Waals surface area contributed by atoms with Crippen LogP contribution in [0.4, 0.5) is 0 Å². The molecule has 5 aromatic carbocycles. The van der Waals surface area contributed by atoms with Crippen molar-refractivity contribution in [2.45, 2.75) is 48.8 Å². The molecule has 42 heavy (non-hydrogen) atoms. The molecular formula is C38H36Cl2SiZr. The van der Waals surface area contributed by atoms with Gasteiger partial charge in [0.1, 0.15) is 0 Å². The Hall–Kier alpha value is -2.22. The minimum atomic E-state index is -0.612. The minimum absolute atomic E-state index is 0. The van der Waals surface area contributed by atoms with Crippen LogP contribution in [0.25, 0.3) is 39.1 Å². The molecule has 0 amide bonds. The molecule has 0 spiro atoms. The molecule has 0 nitrogen and oxygen atoms in total. The molecule has 2 atom stereocenters. The average Bonchev–Trinajstić information content (AvgIpc) is 3.51. The minimum Gasteiger partial charge on any atom is -1.00 e. The fourth-order valence-electron chi connectivity index (χ4n) is 7.09. The number of benzene rings is 5. The molecule has 0 fully saturated rings. The van der Waals surface area contributed by atoms with Gasteiger partial charge in [-0.05, 0) is 0 Å². The molecular weight excluding hydrogens is 647 g/mol. The van der Waals surface area contributed by atoms with E-state index >= 15 is 0 Å². The van der Waals surface area contributed by atoms with Gasteiger partial charge in [-0.15, -0.1) is 0 Å². The van der Waals surface area contributed by atoms with E-state index in [4.69, 9.17) is 0 Å². The zero-order valence-electron chi connectivity index (χ0n) is 24.5. The summed E-state index contributed by atoms with van der Waals surface area (Å²) in [6, 6.07) is 39.3. The van der Waals surface area contributed by atoms with Gasteiger partial charge in [0.2, 0.25) is 0 Å². The van der Waals surface area contributed by atoms with Crippen molar-refractivity contribution >= 4 is 22.8 Å². The third-order valence-corrected chi connectivity index (χ3v) is 18.7. The summed E-state index contributed by atoms with van der Waals surface area (Å²) < 4.78 is 0.692. The molecule has 2 aliphatic rings. The van der Waals surface area contributed by atoms with Crippen LogP contribution in [0.15, 0.2) is 109 Å². The van der Waals surface area contributed by atoms with Crippen molar-refractivity contribution in [1.29, 1.82) is 0 Å². The van der Waals surface area contributed by atoms with Crippen molar-refractivity contribution in [3.63, 3.8) is 0 Å². The first-order valence-corrected chi connectivity index (χ1v) is 23.5. The number of fused-ring (bicyclic) bond motifs is 5. The Morgan fingerprint density at radius 3 is 2.12 bits per heavy atom. The summed E-state index contributed by atoms with van der Waals surface area (Å²) in [5.74, 6) is -0.249. The zero-order chi connectivity index (χ0) is 27.2. The second kappa shape index (κ2) is 13.2. The van der Waals surface area contributed by atoms with Crippen molar-refractivity contribution in [3.05, 3.63) is 137 Å². The van der Waals surface area contributed by atoms with Crippen molar-refractivity contribution < 1.29 is 47.2 Å². The molecule has 2 aliphatic carbocycles. The fraction of sp³-hybridized carbons (Fsp3) is 0.211. The van der Waals surface area contributed by atoms with Crippen LogP contribution in [0.2, 0.25) is 13.1 Å². The number of hydrogen-bond donors (Lipinski definition) is 0. The molecule has 210 valence electrons. The van der Waals surface area contributed by atoms with Gasteiger partial charge in [0, 0.05) is 0 Å². The maximum atomic E-state index is 2.59. The van der Waals surface area contributed by atoms with Crippen LogP contribution in [0.1, 0.15) is 63.5 Å². The Bertz CT molecular complexity index is 1770. The smallest absolute Gasteiger partial charge is 1.00 e. The topological polar surface area (TPSA) is 0 Å². The van der Waals surface area contributed by atoms with Gasteiger partial charge in [-0.2, -0.15) is 0 Å². The molecule has 5 aromatic rings. The van der Waals surface area contributed by atoms with E-state index in [0.717, 1.165) is 0 Å². The zero-order valence-corrected chi connectivity index (χ0v) is 29.6. The summed E-state index contributed by atoms with van der Waals surface area (Å²) in [4.78, 5) is 0. The predicted octanol–water partition coefficient (Wildman–Crippen LogP) is 4.37. The molecule has 0 saturated carbocycles. The summed E-state index contributed by atoms with van der Waals surface area (Å²) in [6.07, 6.45) is 6.23. The first-order valence-electron chi connectivity index (χ1n) is 14.9. The molecule has 0 aromatic heterocycles. The van der Waals surface area contributed by atoms with E-state index in [2.05, 4.69) is 129 Å².